The summed E-state index contributed by atoms with van der Waals surface area (Å²) in [5.74, 6) is -0.684. The number of nitrogens with zero attached hydrogens (tertiary/aromatic N) is 1. The molecule has 0 aliphatic rings. The maximum absolute atomic E-state index is 13.1. The topological polar surface area (TPSA) is 49.4 Å². The lowest BCUT2D eigenvalue weighted by molar-refractivity contribution is -0.140. The first-order valence-electron chi connectivity index (χ1n) is 8.75. The average Bonchev–Trinajstić information content (AvgIpc) is 2.63. The molecule has 4 nitrogen and oxygen atoms in total. The number of rotatable bonds is 7. The van der Waals surface area contributed by atoms with Crippen molar-refractivity contribution >= 4 is 11.8 Å². The van der Waals surface area contributed by atoms with Crippen molar-refractivity contribution < 1.29 is 14.0 Å². The number of benzene rings is 2. The third-order valence-electron chi connectivity index (χ3n) is 4.34. The van der Waals surface area contributed by atoms with Crippen molar-refractivity contribution in [3.05, 3.63) is 71.0 Å². The summed E-state index contributed by atoms with van der Waals surface area (Å²) in [6.45, 7) is 4.23. The van der Waals surface area contributed by atoms with Crippen LogP contribution in [0.15, 0.2) is 48.5 Å². The van der Waals surface area contributed by atoms with E-state index in [0.717, 1.165) is 16.7 Å². The van der Waals surface area contributed by atoms with E-state index < -0.39 is 6.04 Å². The zero-order chi connectivity index (χ0) is 19.1. The second-order valence-electron chi connectivity index (χ2n) is 6.35. The average molecular weight is 356 g/mol. The minimum atomic E-state index is -0.548. The van der Waals surface area contributed by atoms with E-state index in [1.807, 2.05) is 38.1 Å². The highest BCUT2D eigenvalue weighted by atomic mass is 19.1. The standard InChI is InChI=1S/C21H25FN2O2/c1-4-19(21(26)23-3)24(14-17-7-5-6-15(2)12-17)20(25)13-16-8-10-18(22)11-9-16/h5-12,19H,4,13-14H2,1-3H3,(H,23,26). The molecule has 2 aromatic rings. The van der Waals surface area contributed by atoms with Gasteiger partial charge >= 0.3 is 0 Å². The molecule has 1 unspecified atom stereocenters. The zero-order valence-corrected chi connectivity index (χ0v) is 15.5. The number of halogens is 1. The van der Waals surface area contributed by atoms with Crippen LogP contribution in [0.2, 0.25) is 0 Å². The van der Waals surface area contributed by atoms with E-state index in [0.29, 0.717) is 13.0 Å². The number of carbonyl (C=O) groups is 2. The molecule has 0 saturated heterocycles. The number of carbonyl (C=O) groups excluding carboxylic acids is 2. The van der Waals surface area contributed by atoms with Crippen molar-refractivity contribution in [3.8, 4) is 0 Å². The highest BCUT2D eigenvalue weighted by Gasteiger charge is 2.27. The van der Waals surface area contributed by atoms with E-state index in [1.54, 1.807) is 24.1 Å². The summed E-state index contributed by atoms with van der Waals surface area (Å²) < 4.78 is 13.1. The van der Waals surface area contributed by atoms with Crippen LogP contribution in [0.3, 0.4) is 0 Å². The molecule has 138 valence electrons. The number of amides is 2. The summed E-state index contributed by atoms with van der Waals surface area (Å²) >= 11 is 0. The molecule has 0 heterocycles. The molecule has 0 aliphatic heterocycles. The fraction of sp³-hybridized carbons (Fsp3) is 0.333. The highest BCUT2D eigenvalue weighted by molar-refractivity contribution is 5.88. The smallest absolute Gasteiger partial charge is 0.242 e. The van der Waals surface area contributed by atoms with Crippen LogP contribution in [0.4, 0.5) is 4.39 Å². The molecule has 1 atom stereocenters. The minimum Gasteiger partial charge on any atom is -0.357 e. The molecule has 2 amide bonds. The molecular formula is C21H25FN2O2. The van der Waals surface area contributed by atoms with E-state index in [1.165, 1.54) is 12.1 Å². The summed E-state index contributed by atoms with van der Waals surface area (Å²) in [6.07, 6.45) is 0.639. The SMILES string of the molecule is CCC(C(=O)NC)N(Cc1cccc(C)c1)C(=O)Cc1ccc(F)cc1. The molecule has 0 fully saturated rings. The summed E-state index contributed by atoms with van der Waals surface area (Å²) in [7, 11) is 1.57. The van der Waals surface area contributed by atoms with Gasteiger partial charge in [-0.3, -0.25) is 9.59 Å². The Morgan fingerprint density at radius 2 is 1.81 bits per heavy atom. The summed E-state index contributed by atoms with van der Waals surface area (Å²) in [6, 6.07) is 13.2. The van der Waals surface area contributed by atoms with Crippen LogP contribution in [0.5, 0.6) is 0 Å². The van der Waals surface area contributed by atoms with Gasteiger partial charge in [0.2, 0.25) is 11.8 Å². The molecule has 0 aliphatic carbocycles. The van der Waals surface area contributed by atoms with E-state index in [4.69, 9.17) is 0 Å². The van der Waals surface area contributed by atoms with Crippen molar-refractivity contribution in [1.29, 1.82) is 0 Å². The van der Waals surface area contributed by atoms with Crippen LogP contribution in [-0.4, -0.2) is 29.8 Å². The van der Waals surface area contributed by atoms with Gasteiger partial charge in [-0.05, 0) is 36.6 Å². The molecule has 0 saturated carbocycles. The summed E-state index contributed by atoms with van der Waals surface area (Å²) in [5, 5.41) is 2.64. The number of likely N-dealkylation sites (N-methyl/N-ethyl adjacent to an activating group) is 1. The Kier molecular flexibility index (Phi) is 6.89. The van der Waals surface area contributed by atoms with Gasteiger partial charge in [-0.25, -0.2) is 4.39 Å². The lowest BCUT2D eigenvalue weighted by Gasteiger charge is -2.30. The van der Waals surface area contributed by atoms with Gasteiger partial charge in [0.1, 0.15) is 11.9 Å². The van der Waals surface area contributed by atoms with Crippen LogP contribution in [0.25, 0.3) is 0 Å². The monoisotopic (exact) mass is 356 g/mol. The Morgan fingerprint density at radius 1 is 1.12 bits per heavy atom. The van der Waals surface area contributed by atoms with Gasteiger partial charge in [-0.2, -0.15) is 0 Å². The summed E-state index contributed by atoms with van der Waals surface area (Å²) in [5.41, 5.74) is 2.79. The van der Waals surface area contributed by atoms with Crippen LogP contribution in [0.1, 0.15) is 30.0 Å². The fourth-order valence-electron chi connectivity index (χ4n) is 2.97. The zero-order valence-electron chi connectivity index (χ0n) is 15.5. The molecule has 0 bridgehead atoms. The molecule has 1 N–H and O–H groups in total. The van der Waals surface area contributed by atoms with Crippen molar-refractivity contribution in [3.63, 3.8) is 0 Å². The van der Waals surface area contributed by atoms with Gasteiger partial charge in [0.15, 0.2) is 0 Å². The maximum Gasteiger partial charge on any atom is 0.242 e. The van der Waals surface area contributed by atoms with E-state index in [-0.39, 0.29) is 24.1 Å². The molecule has 5 heteroatoms. The Bertz CT molecular complexity index is 759. The third kappa shape index (κ3) is 5.15. The fourth-order valence-corrected chi connectivity index (χ4v) is 2.97. The van der Waals surface area contributed by atoms with Crippen molar-refractivity contribution in [2.24, 2.45) is 0 Å². The second-order valence-corrected chi connectivity index (χ2v) is 6.35. The molecule has 0 aromatic heterocycles. The summed E-state index contributed by atoms with van der Waals surface area (Å²) in [4.78, 5) is 26.9. The predicted octanol–water partition coefficient (Wildman–Crippen LogP) is 3.23. The van der Waals surface area contributed by atoms with Crippen molar-refractivity contribution in [2.75, 3.05) is 7.05 Å². The van der Waals surface area contributed by atoms with E-state index in [9.17, 15) is 14.0 Å². The largest absolute Gasteiger partial charge is 0.357 e. The van der Waals surface area contributed by atoms with E-state index >= 15 is 0 Å². The van der Waals surface area contributed by atoms with Gasteiger partial charge < -0.3 is 10.2 Å². The van der Waals surface area contributed by atoms with Gasteiger partial charge in [0, 0.05) is 13.6 Å². The highest BCUT2D eigenvalue weighted by Crippen LogP contribution is 2.15. The van der Waals surface area contributed by atoms with E-state index in [2.05, 4.69) is 5.32 Å². The minimum absolute atomic E-state index is 0.125. The third-order valence-corrected chi connectivity index (χ3v) is 4.34. The second kappa shape index (κ2) is 9.13. The molecule has 2 rings (SSSR count). The first-order chi connectivity index (χ1) is 12.4. The number of aryl methyl sites for hydroxylation is 1. The molecule has 0 spiro atoms. The van der Waals surface area contributed by atoms with Crippen molar-refractivity contribution in [1.82, 2.24) is 10.2 Å². The number of hydrogen-bond donors (Lipinski definition) is 1. The van der Waals surface area contributed by atoms with Crippen LogP contribution in [0, 0.1) is 12.7 Å². The first-order valence-corrected chi connectivity index (χ1v) is 8.75. The molecule has 0 radical (unpaired) electrons. The first kappa shape index (κ1) is 19.6. The van der Waals surface area contributed by atoms with Gasteiger partial charge in [-0.1, -0.05) is 48.9 Å². The maximum atomic E-state index is 13.1. The Hall–Kier alpha value is -2.69. The molecule has 26 heavy (non-hydrogen) atoms. The Labute approximate surface area is 154 Å². The quantitative estimate of drug-likeness (QED) is 0.828. The lowest BCUT2D eigenvalue weighted by atomic mass is 10.1. The van der Waals surface area contributed by atoms with Crippen molar-refractivity contribution in [2.45, 2.75) is 39.3 Å². The van der Waals surface area contributed by atoms with Crippen LogP contribution < -0.4 is 5.32 Å². The molecular weight excluding hydrogens is 331 g/mol. The Balaban J connectivity index is 2.27. The lowest BCUT2D eigenvalue weighted by Crippen LogP contribution is -2.48. The van der Waals surface area contributed by atoms with Gasteiger partial charge in [0.25, 0.3) is 0 Å². The molecule has 2 aromatic carbocycles. The normalized spacial score (nSPS) is 11.7. The van der Waals surface area contributed by atoms with Gasteiger partial charge in [-0.15, -0.1) is 0 Å². The van der Waals surface area contributed by atoms with Gasteiger partial charge in [0.05, 0.1) is 6.42 Å². The Morgan fingerprint density at radius 3 is 2.38 bits per heavy atom. The van der Waals surface area contributed by atoms with Crippen LogP contribution >= 0.6 is 0 Å². The van der Waals surface area contributed by atoms with Crippen LogP contribution in [-0.2, 0) is 22.6 Å². The number of hydrogen-bond acceptors (Lipinski definition) is 2. The predicted molar refractivity (Wildman–Crippen MR) is 100.0 cm³/mol. The number of nitrogens with one attached hydrogen (secondary N) is 1.